The number of hydrogen-bond donors (Lipinski definition) is 2. The number of ether oxygens (including phenoxy) is 1. The summed E-state index contributed by atoms with van der Waals surface area (Å²) in [7, 11) is 1.61. The SMILES string of the molecule is COc1ccc(C(C)NC(=O)N/C=C/c2ccc(F)cc2)cc1. The van der Waals surface area contributed by atoms with Gasteiger partial charge in [0.25, 0.3) is 0 Å². The minimum atomic E-state index is -0.313. The number of urea groups is 1. The Labute approximate surface area is 135 Å². The molecule has 0 spiro atoms. The Balaban J connectivity index is 1.84. The van der Waals surface area contributed by atoms with Crippen LogP contribution in [0.5, 0.6) is 5.75 Å². The van der Waals surface area contributed by atoms with Gasteiger partial charge in [0, 0.05) is 6.20 Å². The molecule has 2 rings (SSSR count). The van der Waals surface area contributed by atoms with Gasteiger partial charge in [-0.3, -0.25) is 0 Å². The van der Waals surface area contributed by atoms with E-state index in [1.165, 1.54) is 18.3 Å². The lowest BCUT2D eigenvalue weighted by atomic mass is 10.1. The van der Waals surface area contributed by atoms with Gasteiger partial charge < -0.3 is 15.4 Å². The van der Waals surface area contributed by atoms with Crippen LogP contribution in [-0.2, 0) is 0 Å². The number of carbonyl (C=O) groups is 1. The highest BCUT2D eigenvalue weighted by molar-refractivity contribution is 5.76. The molecule has 0 aromatic heterocycles. The first-order valence-electron chi connectivity index (χ1n) is 7.21. The Morgan fingerprint density at radius 2 is 1.78 bits per heavy atom. The molecule has 23 heavy (non-hydrogen) atoms. The fraction of sp³-hybridized carbons (Fsp3) is 0.167. The van der Waals surface area contributed by atoms with Crippen molar-refractivity contribution in [1.82, 2.24) is 10.6 Å². The van der Waals surface area contributed by atoms with Gasteiger partial charge in [0.1, 0.15) is 11.6 Å². The Morgan fingerprint density at radius 3 is 2.39 bits per heavy atom. The maximum absolute atomic E-state index is 12.8. The van der Waals surface area contributed by atoms with E-state index in [1.807, 2.05) is 31.2 Å². The molecular weight excluding hydrogens is 295 g/mol. The molecule has 0 saturated carbocycles. The van der Waals surface area contributed by atoms with E-state index in [0.29, 0.717) is 0 Å². The molecule has 0 fully saturated rings. The predicted octanol–water partition coefficient (Wildman–Crippen LogP) is 3.87. The highest BCUT2D eigenvalue weighted by Gasteiger charge is 2.08. The summed E-state index contributed by atoms with van der Waals surface area (Å²) in [5, 5.41) is 5.45. The molecule has 2 N–H and O–H groups in total. The highest BCUT2D eigenvalue weighted by Crippen LogP contribution is 2.17. The molecule has 0 aliphatic heterocycles. The van der Waals surface area contributed by atoms with Crippen molar-refractivity contribution in [3.05, 3.63) is 71.7 Å². The zero-order chi connectivity index (χ0) is 16.7. The molecule has 2 aromatic rings. The topological polar surface area (TPSA) is 50.4 Å². The van der Waals surface area contributed by atoms with Gasteiger partial charge in [-0.25, -0.2) is 9.18 Å². The maximum Gasteiger partial charge on any atom is 0.319 e. The largest absolute Gasteiger partial charge is 0.497 e. The molecule has 1 atom stereocenters. The number of benzene rings is 2. The number of rotatable bonds is 5. The van der Waals surface area contributed by atoms with Crippen molar-refractivity contribution in [2.75, 3.05) is 7.11 Å². The molecule has 0 radical (unpaired) electrons. The monoisotopic (exact) mass is 314 g/mol. The van der Waals surface area contributed by atoms with Gasteiger partial charge in [-0.15, -0.1) is 0 Å². The van der Waals surface area contributed by atoms with Crippen molar-refractivity contribution >= 4 is 12.1 Å². The molecule has 0 heterocycles. The van der Waals surface area contributed by atoms with E-state index < -0.39 is 0 Å². The van der Waals surface area contributed by atoms with Gasteiger partial charge in [-0.05, 0) is 48.4 Å². The second kappa shape index (κ2) is 7.98. The summed E-state index contributed by atoms with van der Waals surface area (Å²) in [6.07, 6.45) is 3.21. The Kier molecular flexibility index (Phi) is 5.74. The third kappa shape index (κ3) is 5.14. The molecule has 120 valence electrons. The van der Waals surface area contributed by atoms with Crippen LogP contribution in [0.3, 0.4) is 0 Å². The molecule has 4 nitrogen and oxygen atoms in total. The summed E-state index contributed by atoms with van der Waals surface area (Å²) in [6.45, 7) is 1.89. The molecule has 5 heteroatoms. The van der Waals surface area contributed by atoms with Crippen molar-refractivity contribution in [1.29, 1.82) is 0 Å². The second-order valence-corrected chi connectivity index (χ2v) is 5.00. The van der Waals surface area contributed by atoms with Gasteiger partial charge in [0.15, 0.2) is 0 Å². The number of halogens is 1. The third-order valence-electron chi connectivity index (χ3n) is 3.32. The number of methoxy groups -OCH3 is 1. The quantitative estimate of drug-likeness (QED) is 0.880. The van der Waals surface area contributed by atoms with E-state index in [0.717, 1.165) is 16.9 Å². The number of hydrogen-bond acceptors (Lipinski definition) is 2. The van der Waals surface area contributed by atoms with Crippen LogP contribution in [0.1, 0.15) is 24.1 Å². The van der Waals surface area contributed by atoms with Crippen LogP contribution in [0, 0.1) is 5.82 Å². The lowest BCUT2D eigenvalue weighted by Crippen LogP contribution is -2.34. The van der Waals surface area contributed by atoms with E-state index in [1.54, 1.807) is 25.3 Å². The molecule has 0 bridgehead atoms. The highest BCUT2D eigenvalue weighted by atomic mass is 19.1. The molecule has 1 unspecified atom stereocenters. The molecular formula is C18H19FN2O2. The minimum Gasteiger partial charge on any atom is -0.497 e. The summed E-state index contributed by atoms with van der Waals surface area (Å²) < 4.78 is 17.9. The smallest absolute Gasteiger partial charge is 0.319 e. The third-order valence-corrected chi connectivity index (χ3v) is 3.32. The van der Waals surface area contributed by atoms with E-state index in [2.05, 4.69) is 10.6 Å². The van der Waals surface area contributed by atoms with Crippen LogP contribution in [-0.4, -0.2) is 13.1 Å². The number of nitrogens with one attached hydrogen (secondary N) is 2. The van der Waals surface area contributed by atoms with Gasteiger partial charge in [-0.2, -0.15) is 0 Å². The average molecular weight is 314 g/mol. The zero-order valence-electron chi connectivity index (χ0n) is 13.0. The first kappa shape index (κ1) is 16.5. The average Bonchev–Trinajstić information content (AvgIpc) is 2.56. The Hall–Kier alpha value is -2.82. The number of amides is 2. The summed E-state index contributed by atoms with van der Waals surface area (Å²) >= 11 is 0. The fourth-order valence-corrected chi connectivity index (χ4v) is 2.00. The fourth-order valence-electron chi connectivity index (χ4n) is 2.00. The summed E-state index contributed by atoms with van der Waals surface area (Å²) in [6, 6.07) is 13.0. The van der Waals surface area contributed by atoms with Gasteiger partial charge in [0.05, 0.1) is 13.2 Å². The van der Waals surface area contributed by atoms with Gasteiger partial charge in [-0.1, -0.05) is 24.3 Å². The first-order valence-corrected chi connectivity index (χ1v) is 7.21. The molecule has 0 aliphatic rings. The molecule has 0 aliphatic carbocycles. The molecule has 2 amide bonds. The lowest BCUT2D eigenvalue weighted by Gasteiger charge is -2.14. The summed E-state index contributed by atoms with van der Waals surface area (Å²) in [4.78, 5) is 11.8. The van der Waals surface area contributed by atoms with Crippen LogP contribution in [0.2, 0.25) is 0 Å². The summed E-state index contributed by atoms with van der Waals surface area (Å²) in [5.74, 6) is 0.480. The maximum atomic E-state index is 12.8. The Morgan fingerprint density at radius 1 is 1.13 bits per heavy atom. The van der Waals surface area contributed by atoms with Crippen LogP contribution in [0.15, 0.2) is 54.7 Å². The van der Waals surface area contributed by atoms with E-state index in [9.17, 15) is 9.18 Å². The number of carbonyl (C=O) groups excluding carboxylic acids is 1. The second-order valence-electron chi connectivity index (χ2n) is 5.00. The van der Waals surface area contributed by atoms with Crippen LogP contribution in [0.4, 0.5) is 9.18 Å². The van der Waals surface area contributed by atoms with Crippen molar-refractivity contribution < 1.29 is 13.9 Å². The van der Waals surface area contributed by atoms with Crippen molar-refractivity contribution in [3.63, 3.8) is 0 Å². The van der Waals surface area contributed by atoms with Crippen molar-refractivity contribution in [3.8, 4) is 5.75 Å². The van der Waals surface area contributed by atoms with Crippen LogP contribution >= 0.6 is 0 Å². The molecule has 2 aromatic carbocycles. The van der Waals surface area contributed by atoms with Crippen molar-refractivity contribution in [2.24, 2.45) is 0 Å². The van der Waals surface area contributed by atoms with E-state index >= 15 is 0 Å². The Bertz CT molecular complexity index is 666. The first-order chi connectivity index (χ1) is 11.1. The standard InChI is InChI=1S/C18H19FN2O2/c1-13(15-5-9-17(23-2)10-6-15)21-18(22)20-12-11-14-3-7-16(19)8-4-14/h3-13H,1-2H3,(H2,20,21,22)/b12-11+. The van der Waals surface area contributed by atoms with Gasteiger partial charge >= 0.3 is 6.03 Å². The van der Waals surface area contributed by atoms with Gasteiger partial charge in [0.2, 0.25) is 0 Å². The van der Waals surface area contributed by atoms with Crippen LogP contribution < -0.4 is 15.4 Å². The van der Waals surface area contributed by atoms with Crippen molar-refractivity contribution in [2.45, 2.75) is 13.0 Å². The summed E-state index contributed by atoms with van der Waals surface area (Å²) in [5.41, 5.74) is 1.78. The minimum absolute atomic E-state index is 0.139. The lowest BCUT2D eigenvalue weighted by molar-refractivity contribution is 0.241. The van der Waals surface area contributed by atoms with E-state index in [-0.39, 0.29) is 17.9 Å². The predicted molar refractivity (Wildman–Crippen MR) is 88.5 cm³/mol. The normalized spacial score (nSPS) is 12.0. The molecule has 0 saturated heterocycles. The van der Waals surface area contributed by atoms with E-state index in [4.69, 9.17) is 4.74 Å². The van der Waals surface area contributed by atoms with Crippen LogP contribution in [0.25, 0.3) is 6.08 Å². The zero-order valence-corrected chi connectivity index (χ0v) is 13.0.